The molecule has 3 aromatic carbocycles. The van der Waals surface area contributed by atoms with Crippen LogP contribution in [0.15, 0.2) is 66.7 Å². The van der Waals surface area contributed by atoms with Crippen molar-refractivity contribution in [3.8, 4) is 0 Å². The third-order valence-corrected chi connectivity index (χ3v) is 4.23. The zero-order valence-electron chi connectivity index (χ0n) is 14.3. The van der Waals surface area contributed by atoms with E-state index >= 15 is 0 Å². The minimum atomic E-state index is -1.16. The highest BCUT2D eigenvalue weighted by Crippen LogP contribution is 2.17. The quantitative estimate of drug-likeness (QED) is 0.625. The molecule has 0 radical (unpaired) electrons. The van der Waals surface area contributed by atoms with Gasteiger partial charge in [-0.15, -0.1) is 0 Å². The number of carbonyl (C=O) groups is 3. The van der Waals surface area contributed by atoms with Crippen molar-refractivity contribution in [2.45, 2.75) is 12.5 Å². The maximum Gasteiger partial charge on any atom is 0.335 e. The van der Waals surface area contributed by atoms with E-state index in [2.05, 4.69) is 5.32 Å². The van der Waals surface area contributed by atoms with E-state index in [9.17, 15) is 19.5 Å². The fourth-order valence-electron chi connectivity index (χ4n) is 2.84. The van der Waals surface area contributed by atoms with Crippen LogP contribution in [-0.2, 0) is 11.2 Å². The Morgan fingerprint density at radius 3 is 2.22 bits per heavy atom. The number of aliphatic carboxylic acids is 1. The number of benzene rings is 3. The highest BCUT2D eigenvalue weighted by molar-refractivity contribution is 5.99. The van der Waals surface area contributed by atoms with E-state index in [4.69, 9.17) is 5.11 Å². The van der Waals surface area contributed by atoms with Gasteiger partial charge in [-0.05, 0) is 34.5 Å². The van der Waals surface area contributed by atoms with Crippen molar-refractivity contribution in [2.75, 3.05) is 0 Å². The van der Waals surface area contributed by atoms with Crippen molar-refractivity contribution in [2.24, 2.45) is 0 Å². The molecule has 3 N–H and O–H groups in total. The minimum absolute atomic E-state index is 0.0379. The lowest BCUT2D eigenvalue weighted by Crippen LogP contribution is -2.42. The van der Waals surface area contributed by atoms with Gasteiger partial charge in [0.2, 0.25) is 0 Å². The van der Waals surface area contributed by atoms with Crippen LogP contribution in [0.3, 0.4) is 0 Å². The number of hydrogen-bond acceptors (Lipinski definition) is 3. The molecule has 3 aromatic rings. The first kappa shape index (κ1) is 18.1. The van der Waals surface area contributed by atoms with Crippen LogP contribution < -0.4 is 5.32 Å². The molecular weight excluding hydrogens is 346 g/mol. The monoisotopic (exact) mass is 363 g/mol. The maximum absolute atomic E-state index is 12.4. The smallest absolute Gasteiger partial charge is 0.335 e. The van der Waals surface area contributed by atoms with Crippen LogP contribution >= 0.6 is 0 Å². The molecular formula is C21H17NO5. The predicted octanol–water partition coefficient (Wildman–Crippen LogP) is 2.96. The van der Waals surface area contributed by atoms with Crippen molar-refractivity contribution in [1.29, 1.82) is 0 Å². The van der Waals surface area contributed by atoms with Crippen molar-refractivity contribution < 1.29 is 24.6 Å². The number of carboxylic acid groups (broad SMARTS) is 2. The Labute approximate surface area is 155 Å². The lowest BCUT2D eigenvalue weighted by Gasteiger charge is -2.15. The molecule has 0 aromatic heterocycles. The first-order chi connectivity index (χ1) is 12.9. The van der Waals surface area contributed by atoms with Gasteiger partial charge in [0, 0.05) is 12.0 Å². The van der Waals surface area contributed by atoms with E-state index in [-0.39, 0.29) is 17.5 Å². The number of nitrogens with one attached hydrogen (secondary N) is 1. The highest BCUT2D eigenvalue weighted by Gasteiger charge is 2.21. The molecule has 27 heavy (non-hydrogen) atoms. The molecule has 0 heterocycles. The van der Waals surface area contributed by atoms with Gasteiger partial charge in [0.05, 0.1) is 5.56 Å². The summed E-state index contributed by atoms with van der Waals surface area (Å²) in [6, 6.07) is 17.7. The summed E-state index contributed by atoms with van der Waals surface area (Å²) in [5.41, 5.74) is 0.837. The van der Waals surface area contributed by atoms with E-state index in [0.717, 1.165) is 16.3 Å². The van der Waals surface area contributed by atoms with Crippen LogP contribution in [0.1, 0.15) is 26.3 Å². The second kappa shape index (κ2) is 7.70. The number of carboxylic acids is 2. The molecule has 0 aliphatic rings. The fraction of sp³-hybridized carbons (Fsp3) is 0.0952. The van der Waals surface area contributed by atoms with Gasteiger partial charge in [-0.1, -0.05) is 48.5 Å². The molecule has 0 saturated heterocycles. The molecule has 0 fully saturated rings. The number of hydrogen-bond donors (Lipinski definition) is 3. The summed E-state index contributed by atoms with van der Waals surface area (Å²) in [6.07, 6.45) is 0.116. The van der Waals surface area contributed by atoms with Gasteiger partial charge in [0.1, 0.15) is 6.04 Å². The zero-order chi connectivity index (χ0) is 19.4. The normalized spacial score (nSPS) is 11.7. The second-order valence-electron chi connectivity index (χ2n) is 6.14. The van der Waals surface area contributed by atoms with Crippen LogP contribution in [0.4, 0.5) is 0 Å². The molecule has 1 unspecified atom stereocenters. The van der Waals surface area contributed by atoms with Gasteiger partial charge in [0.15, 0.2) is 0 Å². The number of rotatable bonds is 6. The van der Waals surface area contributed by atoms with Gasteiger partial charge >= 0.3 is 11.9 Å². The average Bonchev–Trinajstić information content (AvgIpc) is 2.67. The molecule has 0 spiro atoms. The van der Waals surface area contributed by atoms with Gasteiger partial charge in [0.25, 0.3) is 5.91 Å². The number of carbonyl (C=O) groups excluding carboxylic acids is 1. The topological polar surface area (TPSA) is 104 Å². The van der Waals surface area contributed by atoms with Gasteiger partial charge in [-0.2, -0.15) is 0 Å². The zero-order valence-corrected chi connectivity index (χ0v) is 14.3. The van der Waals surface area contributed by atoms with Crippen LogP contribution in [0.25, 0.3) is 10.8 Å². The number of aromatic carboxylic acids is 1. The van der Waals surface area contributed by atoms with E-state index in [0.29, 0.717) is 0 Å². The molecule has 136 valence electrons. The van der Waals surface area contributed by atoms with E-state index in [1.165, 1.54) is 24.3 Å². The van der Waals surface area contributed by atoms with Crippen molar-refractivity contribution in [3.63, 3.8) is 0 Å². The standard InChI is InChI=1S/C21H17NO5/c23-19(16-6-3-7-17(12-16)20(24)25)22-18(21(26)27)11-13-8-9-14-4-1-2-5-15(14)10-13/h1-10,12,18H,11H2,(H,22,23)(H,24,25)(H,26,27). The average molecular weight is 363 g/mol. The van der Waals surface area contributed by atoms with Crippen molar-refractivity contribution in [3.05, 3.63) is 83.4 Å². The van der Waals surface area contributed by atoms with E-state index < -0.39 is 23.9 Å². The summed E-state index contributed by atoms with van der Waals surface area (Å²) < 4.78 is 0. The summed E-state index contributed by atoms with van der Waals surface area (Å²) in [5, 5.41) is 23.0. The Bertz CT molecular complexity index is 1030. The Balaban J connectivity index is 1.79. The summed E-state index contributed by atoms with van der Waals surface area (Å²) in [4.78, 5) is 35.0. The van der Waals surface area contributed by atoms with Crippen molar-refractivity contribution >= 4 is 28.6 Å². The third kappa shape index (κ3) is 4.30. The first-order valence-corrected chi connectivity index (χ1v) is 8.29. The van der Waals surface area contributed by atoms with Crippen LogP contribution in [0.5, 0.6) is 0 Å². The van der Waals surface area contributed by atoms with Gasteiger partial charge in [-0.25, -0.2) is 9.59 Å². The molecule has 0 aliphatic carbocycles. The van der Waals surface area contributed by atoms with Crippen LogP contribution in [0, 0.1) is 0 Å². The minimum Gasteiger partial charge on any atom is -0.480 e. The summed E-state index contributed by atoms with van der Waals surface area (Å²) in [5.74, 6) is -2.95. The van der Waals surface area contributed by atoms with E-state index in [1.54, 1.807) is 0 Å². The van der Waals surface area contributed by atoms with Gasteiger partial charge < -0.3 is 15.5 Å². The molecule has 6 heteroatoms. The van der Waals surface area contributed by atoms with Crippen molar-refractivity contribution in [1.82, 2.24) is 5.32 Å². The van der Waals surface area contributed by atoms with E-state index in [1.807, 2.05) is 42.5 Å². The summed E-state index contributed by atoms with van der Waals surface area (Å²) >= 11 is 0. The lowest BCUT2D eigenvalue weighted by atomic mass is 10.0. The fourth-order valence-corrected chi connectivity index (χ4v) is 2.84. The largest absolute Gasteiger partial charge is 0.480 e. The Morgan fingerprint density at radius 1 is 0.815 bits per heavy atom. The molecule has 1 atom stereocenters. The number of amides is 1. The SMILES string of the molecule is O=C(O)c1cccc(C(=O)NC(Cc2ccc3ccccc3c2)C(=O)O)c1. The first-order valence-electron chi connectivity index (χ1n) is 8.29. The molecule has 0 bridgehead atoms. The molecule has 0 saturated carbocycles. The molecule has 0 aliphatic heterocycles. The Morgan fingerprint density at radius 2 is 1.52 bits per heavy atom. The maximum atomic E-state index is 12.4. The molecule has 6 nitrogen and oxygen atoms in total. The summed E-state index contributed by atoms with van der Waals surface area (Å²) in [6.45, 7) is 0. The Kier molecular flexibility index (Phi) is 5.17. The lowest BCUT2D eigenvalue weighted by molar-refractivity contribution is -0.139. The van der Waals surface area contributed by atoms with Gasteiger partial charge in [-0.3, -0.25) is 4.79 Å². The number of fused-ring (bicyclic) bond motifs is 1. The summed E-state index contributed by atoms with van der Waals surface area (Å²) in [7, 11) is 0. The highest BCUT2D eigenvalue weighted by atomic mass is 16.4. The predicted molar refractivity (Wildman–Crippen MR) is 99.9 cm³/mol. The van der Waals surface area contributed by atoms with Crippen LogP contribution in [-0.4, -0.2) is 34.1 Å². The molecule has 1 amide bonds. The third-order valence-electron chi connectivity index (χ3n) is 4.23. The second-order valence-corrected chi connectivity index (χ2v) is 6.14. The Hall–Kier alpha value is -3.67. The van der Waals surface area contributed by atoms with Crippen LogP contribution in [0.2, 0.25) is 0 Å². The molecule has 3 rings (SSSR count).